The molecule has 6 heteroatoms. The molecule has 0 spiro atoms. The molecule has 2 saturated heterocycles. The van der Waals surface area contributed by atoms with Gasteiger partial charge in [-0.1, -0.05) is 0 Å². The van der Waals surface area contributed by atoms with Crippen LogP contribution >= 0.6 is 0 Å². The first-order chi connectivity index (χ1) is 8.65. The third-order valence-corrected chi connectivity index (χ3v) is 3.72. The minimum Gasteiger partial charge on any atom is -0.378 e. The van der Waals surface area contributed by atoms with Gasteiger partial charge in [0.25, 0.3) is 0 Å². The maximum atomic E-state index is 12.0. The van der Waals surface area contributed by atoms with E-state index < -0.39 is 0 Å². The maximum Gasteiger partial charge on any atom is 0.225 e. The molecule has 0 radical (unpaired) electrons. The predicted molar refractivity (Wildman–Crippen MR) is 63.9 cm³/mol. The zero-order chi connectivity index (χ0) is 13.0. The van der Waals surface area contributed by atoms with Crippen molar-refractivity contribution in [1.82, 2.24) is 10.6 Å². The lowest BCUT2D eigenvalue weighted by molar-refractivity contribution is -0.130. The highest BCUT2D eigenvalue weighted by molar-refractivity contribution is 5.83. The number of hydrogen-bond acceptors (Lipinski definition) is 4. The van der Waals surface area contributed by atoms with E-state index >= 15 is 0 Å². The van der Waals surface area contributed by atoms with Gasteiger partial charge in [-0.2, -0.15) is 0 Å². The molecule has 0 saturated carbocycles. The van der Waals surface area contributed by atoms with Gasteiger partial charge < -0.3 is 20.1 Å². The second kappa shape index (κ2) is 5.67. The zero-order valence-electron chi connectivity index (χ0n) is 10.7. The van der Waals surface area contributed by atoms with Crippen molar-refractivity contribution in [2.45, 2.75) is 24.9 Å². The molecule has 0 aliphatic carbocycles. The lowest BCUT2D eigenvalue weighted by Gasteiger charge is -2.28. The molecular formula is C12H20N2O4. The zero-order valence-corrected chi connectivity index (χ0v) is 10.7. The summed E-state index contributed by atoms with van der Waals surface area (Å²) in [5.41, 5.74) is -0.381. The second-order valence-electron chi connectivity index (χ2n) is 4.95. The smallest absolute Gasteiger partial charge is 0.225 e. The van der Waals surface area contributed by atoms with Crippen molar-refractivity contribution < 1.29 is 19.1 Å². The number of amides is 2. The van der Waals surface area contributed by atoms with E-state index in [9.17, 15) is 9.59 Å². The van der Waals surface area contributed by atoms with Gasteiger partial charge >= 0.3 is 0 Å². The summed E-state index contributed by atoms with van der Waals surface area (Å²) in [6, 6.07) is 0. The van der Waals surface area contributed by atoms with Gasteiger partial charge in [0.15, 0.2) is 0 Å². The Kier molecular flexibility index (Phi) is 4.19. The van der Waals surface area contributed by atoms with Gasteiger partial charge in [0, 0.05) is 39.6 Å². The fourth-order valence-corrected chi connectivity index (χ4v) is 2.31. The van der Waals surface area contributed by atoms with Crippen molar-refractivity contribution in [2.24, 2.45) is 5.92 Å². The number of rotatable bonds is 4. The Labute approximate surface area is 106 Å². The van der Waals surface area contributed by atoms with Crippen LogP contribution in [-0.2, 0) is 19.1 Å². The molecule has 2 atom stereocenters. The number of ether oxygens (including phenoxy) is 2. The van der Waals surface area contributed by atoms with E-state index in [4.69, 9.17) is 9.47 Å². The molecule has 6 nitrogen and oxygen atoms in total. The number of methoxy groups -OCH3 is 1. The van der Waals surface area contributed by atoms with Crippen molar-refractivity contribution in [3.63, 3.8) is 0 Å². The highest BCUT2D eigenvalue weighted by atomic mass is 16.5. The maximum absolute atomic E-state index is 12.0. The van der Waals surface area contributed by atoms with Gasteiger partial charge in [0.2, 0.25) is 11.8 Å². The second-order valence-corrected chi connectivity index (χ2v) is 4.95. The summed E-state index contributed by atoms with van der Waals surface area (Å²) in [4.78, 5) is 23.0. The largest absolute Gasteiger partial charge is 0.378 e. The Morgan fingerprint density at radius 1 is 1.67 bits per heavy atom. The Morgan fingerprint density at radius 3 is 3.06 bits per heavy atom. The van der Waals surface area contributed by atoms with E-state index in [0.29, 0.717) is 39.1 Å². The Bertz CT molecular complexity index is 316. The van der Waals surface area contributed by atoms with E-state index in [-0.39, 0.29) is 23.3 Å². The van der Waals surface area contributed by atoms with Gasteiger partial charge in [0.1, 0.15) is 5.60 Å². The molecule has 2 fully saturated rings. The highest BCUT2D eigenvalue weighted by Crippen LogP contribution is 2.21. The average molecular weight is 256 g/mol. The van der Waals surface area contributed by atoms with Crippen LogP contribution in [0.2, 0.25) is 0 Å². The van der Waals surface area contributed by atoms with Gasteiger partial charge in [-0.05, 0) is 6.42 Å². The molecule has 0 bridgehead atoms. The average Bonchev–Trinajstić information content (AvgIpc) is 2.86. The minimum atomic E-state index is -0.381. The van der Waals surface area contributed by atoms with Crippen LogP contribution in [0.5, 0.6) is 0 Å². The van der Waals surface area contributed by atoms with Crippen molar-refractivity contribution in [3.05, 3.63) is 0 Å². The number of piperidine rings is 1. The number of carbonyl (C=O) groups excluding carboxylic acids is 2. The highest BCUT2D eigenvalue weighted by Gasteiger charge is 2.36. The topological polar surface area (TPSA) is 76.7 Å². The van der Waals surface area contributed by atoms with Crippen molar-refractivity contribution in [1.29, 1.82) is 0 Å². The summed E-state index contributed by atoms with van der Waals surface area (Å²) in [5, 5.41) is 5.61. The SMILES string of the molecule is COC1(CNC(=O)C2CCC(=O)NC2)CCOC1. The third-order valence-electron chi connectivity index (χ3n) is 3.72. The van der Waals surface area contributed by atoms with E-state index in [2.05, 4.69) is 10.6 Å². The van der Waals surface area contributed by atoms with Gasteiger partial charge in [-0.15, -0.1) is 0 Å². The monoisotopic (exact) mass is 256 g/mol. The van der Waals surface area contributed by atoms with Crippen LogP contribution in [-0.4, -0.2) is 50.8 Å². The number of nitrogens with one attached hydrogen (secondary N) is 2. The quantitative estimate of drug-likeness (QED) is 0.706. The molecule has 0 aromatic rings. The number of carbonyl (C=O) groups is 2. The van der Waals surface area contributed by atoms with E-state index in [1.54, 1.807) is 7.11 Å². The fourth-order valence-electron chi connectivity index (χ4n) is 2.31. The standard InChI is InChI=1S/C12H20N2O4/c1-17-12(4-5-18-8-12)7-14-11(16)9-2-3-10(15)13-6-9/h9H,2-8H2,1H3,(H,13,15)(H,14,16). The molecule has 2 unspecified atom stereocenters. The first-order valence-corrected chi connectivity index (χ1v) is 6.32. The van der Waals surface area contributed by atoms with E-state index in [1.807, 2.05) is 0 Å². The van der Waals surface area contributed by atoms with Crippen LogP contribution in [0.25, 0.3) is 0 Å². The molecule has 2 N–H and O–H groups in total. The summed E-state index contributed by atoms with van der Waals surface area (Å²) in [7, 11) is 1.64. The Balaban J connectivity index is 1.79. The molecule has 2 aliphatic heterocycles. The third kappa shape index (κ3) is 3.00. The summed E-state index contributed by atoms with van der Waals surface area (Å²) in [6.45, 7) is 2.09. The molecule has 2 rings (SSSR count). The fraction of sp³-hybridized carbons (Fsp3) is 0.833. The molecule has 18 heavy (non-hydrogen) atoms. The molecule has 2 heterocycles. The van der Waals surface area contributed by atoms with Crippen molar-refractivity contribution in [2.75, 3.05) is 33.4 Å². The molecule has 102 valence electrons. The van der Waals surface area contributed by atoms with Crippen LogP contribution < -0.4 is 10.6 Å². The predicted octanol–water partition coefficient (Wildman–Crippen LogP) is -0.566. The Morgan fingerprint density at radius 2 is 2.50 bits per heavy atom. The van der Waals surface area contributed by atoms with Gasteiger partial charge in [-0.25, -0.2) is 0 Å². The number of hydrogen-bond donors (Lipinski definition) is 2. The summed E-state index contributed by atoms with van der Waals surface area (Å²) in [6.07, 6.45) is 1.84. The van der Waals surface area contributed by atoms with Crippen molar-refractivity contribution >= 4 is 11.8 Å². The lowest BCUT2D eigenvalue weighted by Crippen LogP contribution is -2.49. The van der Waals surface area contributed by atoms with Crippen LogP contribution in [0.3, 0.4) is 0 Å². The van der Waals surface area contributed by atoms with Crippen LogP contribution in [0.1, 0.15) is 19.3 Å². The van der Waals surface area contributed by atoms with E-state index in [0.717, 1.165) is 6.42 Å². The first-order valence-electron chi connectivity index (χ1n) is 6.32. The molecule has 0 aromatic heterocycles. The summed E-state index contributed by atoms with van der Waals surface area (Å²) < 4.78 is 10.8. The molecule has 2 aliphatic rings. The van der Waals surface area contributed by atoms with Crippen LogP contribution in [0.15, 0.2) is 0 Å². The lowest BCUT2D eigenvalue weighted by atomic mass is 9.97. The normalized spacial score (nSPS) is 32.1. The van der Waals surface area contributed by atoms with Gasteiger partial charge in [0.05, 0.1) is 12.5 Å². The molecular weight excluding hydrogens is 236 g/mol. The van der Waals surface area contributed by atoms with Crippen LogP contribution in [0, 0.1) is 5.92 Å². The molecule has 2 amide bonds. The first kappa shape index (κ1) is 13.3. The Hall–Kier alpha value is -1.14. The van der Waals surface area contributed by atoms with Gasteiger partial charge in [-0.3, -0.25) is 9.59 Å². The summed E-state index contributed by atoms with van der Waals surface area (Å²) >= 11 is 0. The van der Waals surface area contributed by atoms with E-state index in [1.165, 1.54) is 0 Å². The molecule has 0 aromatic carbocycles. The minimum absolute atomic E-state index is 0.0154. The summed E-state index contributed by atoms with van der Waals surface area (Å²) in [5.74, 6) is -0.117. The van der Waals surface area contributed by atoms with Crippen LogP contribution in [0.4, 0.5) is 0 Å². The van der Waals surface area contributed by atoms with Crippen molar-refractivity contribution in [3.8, 4) is 0 Å².